The van der Waals surface area contributed by atoms with Crippen LogP contribution in [-0.4, -0.2) is 15.9 Å². The van der Waals surface area contributed by atoms with Gasteiger partial charge in [0, 0.05) is 11.8 Å². The van der Waals surface area contributed by atoms with Crippen LogP contribution in [0.1, 0.15) is 16.4 Å². The van der Waals surface area contributed by atoms with E-state index in [2.05, 4.69) is 9.97 Å². The minimum absolute atomic E-state index is 0.0442. The first kappa shape index (κ1) is 16.8. The fourth-order valence-electron chi connectivity index (χ4n) is 1.89. The Morgan fingerprint density at radius 3 is 2.54 bits per heavy atom. The maximum Gasteiger partial charge on any atom is 0.359 e. The number of oxazole rings is 1. The smallest absolute Gasteiger partial charge is 0.359 e. The van der Waals surface area contributed by atoms with Crippen LogP contribution in [0.4, 0.5) is 0 Å². The van der Waals surface area contributed by atoms with Crippen molar-refractivity contribution >= 4 is 40.8 Å². The summed E-state index contributed by atoms with van der Waals surface area (Å²) in [5.74, 6) is 0.0729. The number of pyridine rings is 1. The Hall–Kier alpha value is -2.08. The summed E-state index contributed by atoms with van der Waals surface area (Å²) in [7, 11) is 0. The van der Waals surface area contributed by atoms with Crippen molar-refractivity contribution < 1.29 is 13.9 Å². The molecular formula is C16H9Cl3N2O3. The van der Waals surface area contributed by atoms with Crippen molar-refractivity contribution in [1.82, 2.24) is 9.97 Å². The van der Waals surface area contributed by atoms with Gasteiger partial charge in [-0.05, 0) is 0 Å². The van der Waals surface area contributed by atoms with Crippen LogP contribution in [0.2, 0.25) is 15.1 Å². The van der Waals surface area contributed by atoms with Crippen LogP contribution in [-0.2, 0) is 11.3 Å². The van der Waals surface area contributed by atoms with Gasteiger partial charge in [0.2, 0.25) is 5.89 Å². The zero-order chi connectivity index (χ0) is 17.1. The number of esters is 1. The zero-order valence-corrected chi connectivity index (χ0v) is 14.3. The van der Waals surface area contributed by atoms with Crippen molar-refractivity contribution in [2.75, 3.05) is 0 Å². The van der Waals surface area contributed by atoms with Crippen LogP contribution >= 0.6 is 34.8 Å². The molecule has 24 heavy (non-hydrogen) atoms. The second-order valence-electron chi connectivity index (χ2n) is 4.64. The van der Waals surface area contributed by atoms with Crippen LogP contribution in [0.5, 0.6) is 0 Å². The molecule has 0 fully saturated rings. The van der Waals surface area contributed by atoms with Gasteiger partial charge in [-0.15, -0.1) is 0 Å². The van der Waals surface area contributed by atoms with Crippen LogP contribution in [0.25, 0.3) is 11.3 Å². The molecule has 0 aliphatic carbocycles. The number of halogens is 3. The topological polar surface area (TPSA) is 65.2 Å². The minimum Gasteiger partial charge on any atom is -0.451 e. The highest BCUT2D eigenvalue weighted by Gasteiger charge is 2.19. The average Bonchev–Trinajstić information content (AvgIpc) is 3.07. The predicted octanol–water partition coefficient (Wildman–Crippen LogP) is 5.05. The van der Waals surface area contributed by atoms with Crippen molar-refractivity contribution in [3.05, 3.63) is 69.4 Å². The minimum atomic E-state index is -0.752. The van der Waals surface area contributed by atoms with Crippen LogP contribution in [0.15, 0.2) is 47.1 Å². The normalized spacial score (nSPS) is 10.6. The Bertz CT molecular complexity index is 882. The van der Waals surface area contributed by atoms with E-state index in [1.807, 2.05) is 30.3 Å². The maximum atomic E-state index is 12.0. The SMILES string of the molecule is O=C(OCc1ncc(-c2ccccc2)o1)c1ncc(Cl)c(Cl)c1Cl. The van der Waals surface area contributed by atoms with E-state index in [1.54, 1.807) is 6.20 Å². The third-order valence-electron chi connectivity index (χ3n) is 3.05. The molecule has 0 amide bonds. The summed E-state index contributed by atoms with van der Waals surface area (Å²) in [6.07, 6.45) is 2.79. The molecule has 0 radical (unpaired) electrons. The number of hydrogen-bond donors (Lipinski definition) is 0. The van der Waals surface area contributed by atoms with E-state index >= 15 is 0 Å². The fourth-order valence-corrected chi connectivity index (χ4v) is 2.45. The Kier molecular flexibility index (Phi) is 5.04. The Morgan fingerprint density at radius 1 is 1.04 bits per heavy atom. The molecule has 0 aliphatic rings. The van der Waals surface area contributed by atoms with Crippen LogP contribution in [0.3, 0.4) is 0 Å². The number of nitrogens with zero attached hydrogens (tertiary/aromatic N) is 2. The maximum absolute atomic E-state index is 12.0. The van der Waals surface area contributed by atoms with Crippen LogP contribution in [0, 0.1) is 0 Å². The van der Waals surface area contributed by atoms with Gasteiger partial charge in [-0.2, -0.15) is 0 Å². The quantitative estimate of drug-likeness (QED) is 0.590. The fraction of sp³-hybridized carbons (Fsp3) is 0.0625. The number of benzene rings is 1. The summed E-state index contributed by atoms with van der Waals surface area (Å²) in [6.45, 7) is -0.163. The average molecular weight is 384 g/mol. The molecular weight excluding hydrogens is 375 g/mol. The summed E-state index contributed by atoms with van der Waals surface area (Å²) in [5, 5.41) is 0.132. The third kappa shape index (κ3) is 3.53. The van der Waals surface area contributed by atoms with Gasteiger partial charge in [-0.1, -0.05) is 65.1 Å². The first-order valence-electron chi connectivity index (χ1n) is 6.73. The Balaban J connectivity index is 1.69. The standard InChI is InChI=1S/C16H9Cl3N2O3/c17-10-6-21-15(14(19)13(10)18)16(22)23-8-12-20-7-11(24-12)9-4-2-1-3-5-9/h1-7H,8H2. The second kappa shape index (κ2) is 7.21. The number of carbonyl (C=O) groups excluding carboxylic acids is 1. The van der Waals surface area contributed by atoms with Gasteiger partial charge >= 0.3 is 5.97 Å². The third-order valence-corrected chi connectivity index (χ3v) is 4.29. The summed E-state index contributed by atoms with van der Waals surface area (Å²) in [6, 6.07) is 9.44. The van der Waals surface area contributed by atoms with Gasteiger partial charge in [0.1, 0.15) is 0 Å². The summed E-state index contributed by atoms with van der Waals surface area (Å²) >= 11 is 17.6. The van der Waals surface area contributed by atoms with E-state index in [4.69, 9.17) is 44.0 Å². The zero-order valence-electron chi connectivity index (χ0n) is 12.0. The van der Waals surface area contributed by atoms with Gasteiger partial charge in [0.15, 0.2) is 18.1 Å². The highest BCUT2D eigenvalue weighted by molar-refractivity contribution is 6.48. The molecule has 2 heterocycles. The van der Waals surface area contributed by atoms with Gasteiger partial charge in [-0.3, -0.25) is 0 Å². The Labute approximate surface area is 152 Å². The highest BCUT2D eigenvalue weighted by Crippen LogP contribution is 2.31. The number of carbonyl (C=O) groups is 1. The first-order valence-corrected chi connectivity index (χ1v) is 7.86. The molecule has 0 aliphatic heterocycles. The molecule has 122 valence electrons. The van der Waals surface area contributed by atoms with Crippen molar-refractivity contribution in [3.8, 4) is 11.3 Å². The van der Waals surface area contributed by atoms with E-state index in [9.17, 15) is 4.79 Å². The molecule has 3 rings (SSSR count). The molecule has 8 heteroatoms. The molecule has 0 bridgehead atoms. The molecule has 0 unspecified atom stereocenters. The molecule has 0 atom stereocenters. The van der Waals surface area contributed by atoms with Gasteiger partial charge < -0.3 is 9.15 Å². The molecule has 1 aromatic carbocycles. The van der Waals surface area contributed by atoms with E-state index < -0.39 is 5.97 Å². The van der Waals surface area contributed by atoms with E-state index in [0.29, 0.717) is 5.76 Å². The van der Waals surface area contributed by atoms with Crippen molar-refractivity contribution in [3.63, 3.8) is 0 Å². The molecule has 5 nitrogen and oxygen atoms in total. The van der Waals surface area contributed by atoms with Gasteiger partial charge in [0.25, 0.3) is 0 Å². The second-order valence-corrected chi connectivity index (χ2v) is 5.81. The molecule has 0 saturated carbocycles. The molecule has 0 spiro atoms. The van der Waals surface area contributed by atoms with E-state index in [1.165, 1.54) is 6.20 Å². The van der Waals surface area contributed by atoms with Crippen molar-refractivity contribution in [2.24, 2.45) is 0 Å². The number of ether oxygens (including phenoxy) is 1. The highest BCUT2D eigenvalue weighted by atomic mass is 35.5. The van der Waals surface area contributed by atoms with E-state index in [-0.39, 0.29) is 33.3 Å². The largest absolute Gasteiger partial charge is 0.451 e. The lowest BCUT2D eigenvalue weighted by atomic mass is 10.2. The predicted molar refractivity (Wildman–Crippen MR) is 90.3 cm³/mol. The molecule has 0 N–H and O–H groups in total. The van der Waals surface area contributed by atoms with Crippen LogP contribution < -0.4 is 0 Å². The van der Waals surface area contributed by atoms with Gasteiger partial charge in [-0.25, -0.2) is 14.8 Å². The number of aromatic nitrogens is 2. The van der Waals surface area contributed by atoms with E-state index in [0.717, 1.165) is 5.56 Å². The Morgan fingerprint density at radius 2 is 1.79 bits per heavy atom. The molecule has 2 aromatic heterocycles. The summed E-state index contributed by atoms with van der Waals surface area (Å²) in [5.41, 5.74) is 0.748. The summed E-state index contributed by atoms with van der Waals surface area (Å²) < 4.78 is 10.6. The van der Waals surface area contributed by atoms with Crippen molar-refractivity contribution in [2.45, 2.75) is 6.61 Å². The lowest BCUT2D eigenvalue weighted by Crippen LogP contribution is -2.08. The first-order chi connectivity index (χ1) is 11.6. The van der Waals surface area contributed by atoms with Gasteiger partial charge in [0.05, 0.1) is 21.3 Å². The summed E-state index contributed by atoms with van der Waals surface area (Å²) in [4.78, 5) is 19.9. The lowest BCUT2D eigenvalue weighted by molar-refractivity contribution is 0.0432. The lowest BCUT2D eigenvalue weighted by Gasteiger charge is -2.05. The molecule has 3 aromatic rings. The molecule has 0 saturated heterocycles. The number of hydrogen-bond acceptors (Lipinski definition) is 5. The number of rotatable bonds is 4. The monoisotopic (exact) mass is 382 g/mol. The van der Waals surface area contributed by atoms with Crippen molar-refractivity contribution in [1.29, 1.82) is 0 Å².